The zero-order valence-electron chi connectivity index (χ0n) is 11.5. The fourth-order valence-corrected chi connectivity index (χ4v) is 2.55. The highest BCUT2D eigenvalue weighted by atomic mass is 16.5. The maximum atomic E-state index is 12.2. The van der Waals surface area contributed by atoms with Crippen LogP contribution < -0.4 is 5.73 Å². The van der Waals surface area contributed by atoms with Crippen LogP contribution in [-0.2, 0) is 9.53 Å². The van der Waals surface area contributed by atoms with Crippen molar-refractivity contribution in [3.8, 4) is 0 Å². The summed E-state index contributed by atoms with van der Waals surface area (Å²) >= 11 is 0. The highest BCUT2D eigenvalue weighted by Crippen LogP contribution is 2.29. The second-order valence-electron chi connectivity index (χ2n) is 5.64. The van der Waals surface area contributed by atoms with Gasteiger partial charge in [0.05, 0.1) is 12.0 Å². The third-order valence-corrected chi connectivity index (χ3v) is 3.94. The summed E-state index contributed by atoms with van der Waals surface area (Å²) in [5.74, 6) is 0.622. The Morgan fingerprint density at radius 1 is 1.47 bits per heavy atom. The van der Waals surface area contributed by atoms with Crippen molar-refractivity contribution in [3.63, 3.8) is 0 Å². The SMILES string of the molecule is COC(C)(C)CC(=O)N(C)C1CCCC1CN. The molecule has 0 spiro atoms. The van der Waals surface area contributed by atoms with E-state index < -0.39 is 0 Å². The molecule has 1 fully saturated rings. The molecule has 0 aliphatic heterocycles. The maximum absolute atomic E-state index is 12.2. The Balaban J connectivity index is 2.57. The number of rotatable bonds is 5. The second kappa shape index (κ2) is 5.83. The highest BCUT2D eigenvalue weighted by Gasteiger charge is 2.33. The van der Waals surface area contributed by atoms with E-state index in [1.165, 1.54) is 6.42 Å². The minimum atomic E-state index is -0.387. The Morgan fingerprint density at radius 2 is 2.12 bits per heavy atom. The van der Waals surface area contributed by atoms with Gasteiger partial charge in [0.25, 0.3) is 0 Å². The molecule has 0 heterocycles. The van der Waals surface area contributed by atoms with Crippen molar-refractivity contribution in [1.82, 2.24) is 4.90 Å². The topological polar surface area (TPSA) is 55.6 Å². The van der Waals surface area contributed by atoms with Gasteiger partial charge in [-0.2, -0.15) is 0 Å². The third kappa shape index (κ3) is 3.68. The molecule has 1 amide bonds. The molecule has 2 N–H and O–H groups in total. The molecule has 2 unspecified atom stereocenters. The van der Waals surface area contributed by atoms with Crippen LogP contribution in [0.15, 0.2) is 0 Å². The minimum Gasteiger partial charge on any atom is -0.378 e. The van der Waals surface area contributed by atoms with Crippen molar-refractivity contribution in [2.24, 2.45) is 11.7 Å². The lowest BCUT2D eigenvalue weighted by Gasteiger charge is -2.32. The van der Waals surface area contributed by atoms with Gasteiger partial charge in [0.1, 0.15) is 0 Å². The number of carbonyl (C=O) groups excluding carboxylic acids is 1. The first-order valence-corrected chi connectivity index (χ1v) is 6.42. The van der Waals surface area contributed by atoms with Gasteiger partial charge in [0, 0.05) is 20.2 Å². The Kier molecular flexibility index (Phi) is 4.95. The Labute approximate surface area is 104 Å². The first kappa shape index (κ1) is 14.5. The van der Waals surface area contributed by atoms with E-state index in [0.717, 1.165) is 12.8 Å². The van der Waals surface area contributed by atoms with Crippen LogP contribution in [0.25, 0.3) is 0 Å². The summed E-state index contributed by atoms with van der Waals surface area (Å²) in [6.45, 7) is 4.55. The lowest BCUT2D eigenvalue weighted by atomic mass is 10.00. The molecular formula is C13H26N2O2. The van der Waals surface area contributed by atoms with Crippen molar-refractivity contribution < 1.29 is 9.53 Å². The Morgan fingerprint density at radius 3 is 2.65 bits per heavy atom. The summed E-state index contributed by atoms with van der Waals surface area (Å²) in [6.07, 6.45) is 3.83. The number of carbonyl (C=O) groups is 1. The fraction of sp³-hybridized carbons (Fsp3) is 0.923. The van der Waals surface area contributed by atoms with Crippen LogP contribution >= 0.6 is 0 Å². The molecular weight excluding hydrogens is 216 g/mol. The predicted octanol–water partition coefficient (Wildman–Crippen LogP) is 1.39. The molecule has 1 rings (SSSR count). The van der Waals surface area contributed by atoms with Crippen LogP contribution in [0.1, 0.15) is 39.5 Å². The quantitative estimate of drug-likeness (QED) is 0.792. The Bertz CT molecular complexity index is 266. The summed E-state index contributed by atoms with van der Waals surface area (Å²) < 4.78 is 5.30. The van der Waals surface area contributed by atoms with Crippen LogP contribution in [0.5, 0.6) is 0 Å². The monoisotopic (exact) mass is 242 g/mol. The summed E-state index contributed by atoms with van der Waals surface area (Å²) in [5.41, 5.74) is 5.37. The maximum Gasteiger partial charge on any atom is 0.225 e. The van der Waals surface area contributed by atoms with Crippen molar-refractivity contribution in [2.75, 3.05) is 20.7 Å². The number of amides is 1. The predicted molar refractivity (Wildman–Crippen MR) is 68.7 cm³/mol. The molecule has 1 saturated carbocycles. The van der Waals surface area contributed by atoms with Crippen molar-refractivity contribution in [1.29, 1.82) is 0 Å². The molecule has 4 nitrogen and oxygen atoms in total. The van der Waals surface area contributed by atoms with Gasteiger partial charge < -0.3 is 15.4 Å². The number of nitrogens with zero attached hydrogens (tertiary/aromatic N) is 1. The van der Waals surface area contributed by atoms with Crippen molar-refractivity contribution in [3.05, 3.63) is 0 Å². The zero-order chi connectivity index (χ0) is 13.1. The number of hydrogen-bond acceptors (Lipinski definition) is 3. The average molecular weight is 242 g/mol. The fourth-order valence-electron chi connectivity index (χ4n) is 2.55. The molecule has 1 aliphatic rings. The molecule has 1 aliphatic carbocycles. The molecule has 0 radical (unpaired) electrons. The molecule has 100 valence electrons. The summed E-state index contributed by atoms with van der Waals surface area (Å²) in [6, 6.07) is 0.320. The molecule has 0 saturated heterocycles. The van der Waals surface area contributed by atoms with E-state index in [1.807, 2.05) is 25.8 Å². The average Bonchev–Trinajstić information content (AvgIpc) is 2.75. The van der Waals surface area contributed by atoms with Crippen LogP contribution in [0.4, 0.5) is 0 Å². The first-order valence-electron chi connectivity index (χ1n) is 6.42. The van der Waals surface area contributed by atoms with E-state index in [-0.39, 0.29) is 11.5 Å². The standard InChI is InChI=1S/C13H26N2O2/c1-13(2,17-4)8-12(16)15(3)11-7-5-6-10(11)9-14/h10-11H,5-9,14H2,1-4H3. The van der Waals surface area contributed by atoms with E-state index in [0.29, 0.717) is 24.9 Å². The van der Waals surface area contributed by atoms with E-state index in [1.54, 1.807) is 7.11 Å². The number of methoxy groups -OCH3 is 1. The van der Waals surface area contributed by atoms with E-state index >= 15 is 0 Å². The van der Waals surface area contributed by atoms with Crippen LogP contribution in [0.3, 0.4) is 0 Å². The van der Waals surface area contributed by atoms with Crippen molar-refractivity contribution in [2.45, 2.75) is 51.2 Å². The van der Waals surface area contributed by atoms with Crippen LogP contribution in [-0.4, -0.2) is 43.2 Å². The van der Waals surface area contributed by atoms with Gasteiger partial charge >= 0.3 is 0 Å². The molecule has 17 heavy (non-hydrogen) atoms. The number of ether oxygens (including phenoxy) is 1. The molecule has 0 aromatic rings. The third-order valence-electron chi connectivity index (χ3n) is 3.94. The lowest BCUT2D eigenvalue weighted by molar-refractivity contribution is -0.137. The summed E-state index contributed by atoms with van der Waals surface area (Å²) in [4.78, 5) is 14.1. The largest absolute Gasteiger partial charge is 0.378 e. The molecule has 4 heteroatoms. The molecule has 2 atom stereocenters. The van der Waals surface area contributed by atoms with Gasteiger partial charge in [-0.3, -0.25) is 4.79 Å². The zero-order valence-corrected chi connectivity index (χ0v) is 11.5. The highest BCUT2D eigenvalue weighted by molar-refractivity contribution is 5.77. The first-order chi connectivity index (χ1) is 7.91. The molecule has 0 bridgehead atoms. The van der Waals surface area contributed by atoms with E-state index in [4.69, 9.17) is 10.5 Å². The summed E-state index contributed by atoms with van der Waals surface area (Å²) in [7, 11) is 3.54. The minimum absolute atomic E-state index is 0.155. The van der Waals surface area contributed by atoms with Crippen molar-refractivity contribution >= 4 is 5.91 Å². The lowest BCUT2D eigenvalue weighted by Crippen LogP contribution is -2.44. The summed E-state index contributed by atoms with van der Waals surface area (Å²) in [5, 5.41) is 0. The van der Waals surface area contributed by atoms with Gasteiger partial charge in [0.15, 0.2) is 0 Å². The van der Waals surface area contributed by atoms with E-state index in [2.05, 4.69) is 0 Å². The Hall–Kier alpha value is -0.610. The van der Waals surface area contributed by atoms with Gasteiger partial charge in [-0.05, 0) is 39.2 Å². The van der Waals surface area contributed by atoms with Gasteiger partial charge in [-0.1, -0.05) is 6.42 Å². The van der Waals surface area contributed by atoms with Crippen LogP contribution in [0.2, 0.25) is 0 Å². The normalized spacial score (nSPS) is 25.0. The van der Waals surface area contributed by atoms with Crippen LogP contribution in [0, 0.1) is 5.92 Å². The van der Waals surface area contributed by atoms with Gasteiger partial charge in [0.2, 0.25) is 5.91 Å². The number of nitrogens with two attached hydrogens (primary N) is 1. The molecule has 0 aromatic heterocycles. The molecule has 0 aromatic carbocycles. The number of hydrogen-bond donors (Lipinski definition) is 1. The van der Waals surface area contributed by atoms with Gasteiger partial charge in [-0.25, -0.2) is 0 Å². The van der Waals surface area contributed by atoms with Gasteiger partial charge in [-0.15, -0.1) is 0 Å². The van der Waals surface area contributed by atoms with E-state index in [9.17, 15) is 4.79 Å². The smallest absolute Gasteiger partial charge is 0.225 e. The second-order valence-corrected chi connectivity index (χ2v) is 5.64.